The van der Waals surface area contributed by atoms with E-state index in [-0.39, 0.29) is 0 Å². The van der Waals surface area contributed by atoms with Gasteiger partial charge in [-0.15, -0.1) is 11.3 Å². The van der Waals surface area contributed by atoms with E-state index >= 15 is 0 Å². The van der Waals surface area contributed by atoms with Gasteiger partial charge in [0.15, 0.2) is 0 Å². The molecule has 0 saturated carbocycles. The summed E-state index contributed by atoms with van der Waals surface area (Å²) in [5.74, 6) is -1.45. The smallest absolute Gasteiger partial charge is 0.325 e. The molecule has 1 rings (SSSR count). The van der Waals surface area contributed by atoms with Gasteiger partial charge < -0.3 is 10.4 Å². The lowest BCUT2D eigenvalue weighted by Gasteiger charge is -2.05. The van der Waals surface area contributed by atoms with Crippen molar-refractivity contribution in [1.29, 1.82) is 0 Å². The first-order valence-corrected chi connectivity index (χ1v) is 5.22. The van der Waals surface area contributed by atoms with Crippen molar-refractivity contribution >= 4 is 29.3 Å². The molecule has 0 aliphatic rings. The lowest BCUT2D eigenvalue weighted by Crippen LogP contribution is -2.37. The van der Waals surface area contributed by atoms with E-state index in [0.717, 1.165) is 4.88 Å². The molecular formula is C10H11NO3S. The first-order valence-electron chi connectivity index (χ1n) is 4.34. The summed E-state index contributed by atoms with van der Waals surface area (Å²) in [5, 5.41) is 12.8. The van der Waals surface area contributed by atoms with Gasteiger partial charge in [-0.2, -0.15) is 0 Å². The molecule has 0 spiro atoms. The average molecular weight is 225 g/mol. The first kappa shape index (κ1) is 11.5. The van der Waals surface area contributed by atoms with Crippen molar-refractivity contribution in [2.45, 2.75) is 13.0 Å². The molecule has 0 aliphatic carbocycles. The molecular weight excluding hydrogens is 214 g/mol. The van der Waals surface area contributed by atoms with Gasteiger partial charge in [0.05, 0.1) is 0 Å². The van der Waals surface area contributed by atoms with Gasteiger partial charge in [-0.3, -0.25) is 9.59 Å². The Kier molecular flexibility index (Phi) is 4.05. The predicted octanol–water partition coefficient (Wildman–Crippen LogP) is 1.35. The number of rotatable bonds is 4. The van der Waals surface area contributed by atoms with Gasteiger partial charge >= 0.3 is 5.97 Å². The fourth-order valence-corrected chi connectivity index (χ4v) is 1.49. The quantitative estimate of drug-likeness (QED) is 0.760. The molecule has 1 aromatic heterocycles. The van der Waals surface area contributed by atoms with Crippen molar-refractivity contribution < 1.29 is 14.7 Å². The predicted molar refractivity (Wildman–Crippen MR) is 58.6 cm³/mol. The lowest BCUT2D eigenvalue weighted by atomic mass is 10.3. The number of hydrogen-bond donors (Lipinski definition) is 2. The van der Waals surface area contributed by atoms with Crippen molar-refractivity contribution in [1.82, 2.24) is 5.32 Å². The largest absolute Gasteiger partial charge is 0.480 e. The van der Waals surface area contributed by atoms with Crippen LogP contribution in [0.25, 0.3) is 6.08 Å². The monoisotopic (exact) mass is 225 g/mol. The van der Waals surface area contributed by atoms with Crippen LogP contribution in [0.3, 0.4) is 0 Å². The molecule has 0 saturated heterocycles. The van der Waals surface area contributed by atoms with Crippen LogP contribution in [0.15, 0.2) is 23.6 Å². The highest BCUT2D eigenvalue weighted by Gasteiger charge is 2.11. The molecule has 0 bridgehead atoms. The van der Waals surface area contributed by atoms with Crippen molar-refractivity contribution in [3.8, 4) is 0 Å². The molecule has 0 fully saturated rings. The highest BCUT2D eigenvalue weighted by atomic mass is 32.1. The van der Waals surface area contributed by atoms with E-state index in [1.807, 2.05) is 17.5 Å². The Labute approximate surface area is 91.2 Å². The summed E-state index contributed by atoms with van der Waals surface area (Å²) in [6.07, 6.45) is 2.97. The average Bonchev–Trinajstić information content (AvgIpc) is 2.66. The molecule has 0 aromatic carbocycles. The summed E-state index contributed by atoms with van der Waals surface area (Å²) in [4.78, 5) is 22.6. The third-order valence-electron chi connectivity index (χ3n) is 1.67. The number of carbonyl (C=O) groups is 2. The number of carbonyl (C=O) groups excluding carboxylic acids is 1. The van der Waals surface area contributed by atoms with Crippen molar-refractivity contribution in [3.05, 3.63) is 28.5 Å². The van der Waals surface area contributed by atoms with Crippen LogP contribution >= 0.6 is 11.3 Å². The molecule has 1 atom stereocenters. The zero-order valence-corrected chi connectivity index (χ0v) is 8.95. The van der Waals surface area contributed by atoms with E-state index in [9.17, 15) is 9.59 Å². The molecule has 1 heterocycles. The maximum Gasteiger partial charge on any atom is 0.325 e. The number of amides is 1. The van der Waals surface area contributed by atoms with Crippen LogP contribution in [0.4, 0.5) is 0 Å². The number of carboxylic acid groups (broad SMARTS) is 1. The number of thiophene rings is 1. The summed E-state index contributed by atoms with van der Waals surface area (Å²) >= 11 is 1.51. The van der Waals surface area contributed by atoms with Crippen LogP contribution in [0.1, 0.15) is 11.8 Å². The third kappa shape index (κ3) is 3.95. The lowest BCUT2D eigenvalue weighted by molar-refractivity contribution is -0.140. The van der Waals surface area contributed by atoms with Crippen LogP contribution in [0.5, 0.6) is 0 Å². The summed E-state index contributed by atoms with van der Waals surface area (Å²) in [6, 6.07) is 2.88. The minimum absolute atomic E-state index is 0.404. The van der Waals surface area contributed by atoms with E-state index < -0.39 is 17.9 Å². The van der Waals surface area contributed by atoms with Crippen molar-refractivity contribution in [2.75, 3.05) is 0 Å². The Morgan fingerprint density at radius 3 is 2.87 bits per heavy atom. The van der Waals surface area contributed by atoms with Crippen LogP contribution in [-0.4, -0.2) is 23.0 Å². The van der Waals surface area contributed by atoms with Gasteiger partial charge in [-0.25, -0.2) is 0 Å². The fraction of sp³-hybridized carbons (Fsp3) is 0.200. The zero-order valence-electron chi connectivity index (χ0n) is 8.14. The maximum absolute atomic E-state index is 11.2. The number of aliphatic carboxylic acids is 1. The van der Waals surface area contributed by atoms with E-state index in [1.165, 1.54) is 24.3 Å². The molecule has 5 heteroatoms. The summed E-state index contributed by atoms with van der Waals surface area (Å²) < 4.78 is 0. The molecule has 2 N–H and O–H groups in total. The van der Waals surface area contributed by atoms with Gasteiger partial charge in [-0.05, 0) is 24.4 Å². The summed E-state index contributed by atoms with van der Waals surface area (Å²) in [7, 11) is 0. The highest BCUT2D eigenvalue weighted by molar-refractivity contribution is 7.10. The topological polar surface area (TPSA) is 66.4 Å². The molecule has 0 radical (unpaired) electrons. The molecule has 4 nitrogen and oxygen atoms in total. The summed E-state index contributed by atoms with van der Waals surface area (Å²) in [6.45, 7) is 1.42. The van der Waals surface area contributed by atoms with Crippen LogP contribution in [0, 0.1) is 0 Å². The first-order chi connectivity index (χ1) is 7.09. The Morgan fingerprint density at radius 2 is 2.33 bits per heavy atom. The van der Waals surface area contributed by atoms with Gasteiger partial charge in [0.25, 0.3) is 0 Å². The van der Waals surface area contributed by atoms with Gasteiger partial charge in [-0.1, -0.05) is 6.07 Å². The van der Waals surface area contributed by atoms with Gasteiger partial charge in [0, 0.05) is 11.0 Å². The second-order valence-corrected chi connectivity index (χ2v) is 3.90. The Bertz CT molecular complexity index is 370. The zero-order chi connectivity index (χ0) is 11.3. The molecule has 0 unspecified atom stereocenters. The standard InChI is InChI=1S/C10H11NO3S/c1-7(10(13)14)11-9(12)5-4-8-3-2-6-15-8/h2-7H,1H3,(H,11,12)(H,13,14)/b5-4+/t7-/m0/s1. The Hall–Kier alpha value is -1.62. The van der Waals surface area contributed by atoms with Gasteiger partial charge in [0.2, 0.25) is 5.91 Å². The number of nitrogens with one attached hydrogen (secondary N) is 1. The second-order valence-electron chi connectivity index (χ2n) is 2.92. The normalized spacial score (nSPS) is 12.6. The Balaban J connectivity index is 2.46. The summed E-state index contributed by atoms with van der Waals surface area (Å²) in [5.41, 5.74) is 0. The fourth-order valence-electron chi connectivity index (χ4n) is 0.867. The number of hydrogen-bond acceptors (Lipinski definition) is 3. The van der Waals surface area contributed by atoms with Crippen LogP contribution < -0.4 is 5.32 Å². The number of carboxylic acids is 1. The van der Waals surface area contributed by atoms with E-state index in [0.29, 0.717) is 0 Å². The Morgan fingerprint density at radius 1 is 1.60 bits per heavy atom. The van der Waals surface area contributed by atoms with E-state index in [2.05, 4.69) is 5.32 Å². The van der Waals surface area contributed by atoms with Crippen LogP contribution in [0.2, 0.25) is 0 Å². The molecule has 15 heavy (non-hydrogen) atoms. The minimum Gasteiger partial charge on any atom is -0.480 e. The molecule has 0 aliphatic heterocycles. The SMILES string of the molecule is C[C@H](NC(=O)/C=C/c1cccs1)C(=O)O. The third-order valence-corrected chi connectivity index (χ3v) is 2.51. The van der Waals surface area contributed by atoms with Crippen LogP contribution in [-0.2, 0) is 9.59 Å². The second kappa shape index (κ2) is 5.31. The van der Waals surface area contributed by atoms with E-state index in [1.54, 1.807) is 6.08 Å². The van der Waals surface area contributed by atoms with Crippen molar-refractivity contribution in [2.24, 2.45) is 0 Å². The van der Waals surface area contributed by atoms with Gasteiger partial charge in [0.1, 0.15) is 6.04 Å². The molecule has 1 amide bonds. The minimum atomic E-state index is -1.05. The van der Waals surface area contributed by atoms with E-state index in [4.69, 9.17) is 5.11 Å². The highest BCUT2D eigenvalue weighted by Crippen LogP contribution is 2.09. The molecule has 1 aromatic rings. The maximum atomic E-state index is 11.2. The van der Waals surface area contributed by atoms with Crippen molar-refractivity contribution in [3.63, 3.8) is 0 Å². The molecule has 80 valence electrons.